The van der Waals surface area contributed by atoms with Crippen LogP contribution < -0.4 is 5.32 Å². The molecule has 5 nitrogen and oxygen atoms in total. The molecule has 1 amide bonds. The lowest BCUT2D eigenvalue weighted by Gasteiger charge is -2.38. The molecule has 20 heavy (non-hydrogen) atoms. The maximum Gasteiger partial charge on any atom is 0.269 e. The molecule has 0 aliphatic carbocycles. The summed E-state index contributed by atoms with van der Waals surface area (Å²) in [5.41, 5.74) is 0.461. The van der Waals surface area contributed by atoms with Crippen molar-refractivity contribution < 1.29 is 9.53 Å². The predicted molar refractivity (Wildman–Crippen MR) is 77.6 cm³/mol. The van der Waals surface area contributed by atoms with Gasteiger partial charge in [-0.05, 0) is 32.9 Å². The molecular weight excluding hydrogens is 254 g/mol. The molecule has 1 aromatic rings. The number of ether oxygens (including phenoxy) is 1. The van der Waals surface area contributed by atoms with Gasteiger partial charge in [0.25, 0.3) is 5.91 Å². The Bertz CT molecular complexity index is 428. The summed E-state index contributed by atoms with van der Waals surface area (Å²) < 4.78 is 5.72. The average Bonchev–Trinajstić information content (AvgIpc) is 2.44. The molecule has 5 heteroatoms. The van der Waals surface area contributed by atoms with E-state index in [2.05, 4.69) is 36.0 Å². The summed E-state index contributed by atoms with van der Waals surface area (Å²) in [6.07, 6.45) is 2.12. The molecule has 3 atom stereocenters. The molecule has 2 rings (SSSR count). The summed E-state index contributed by atoms with van der Waals surface area (Å²) in [7, 11) is 0. The number of pyridine rings is 1. The maximum absolute atomic E-state index is 11.9. The van der Waals surface area contributed by atoms with Crippen LogP contribution in [0, 0.1) is 0 Å². The van der Waals surface area contributed by atoms with Crippen molar-refractivity contribution >= 4 is 5.91 Å². The molecule has 2 heterocycles. The van der Waals surface area contributed by atoms with Crippen molar-refractivity contribution in [2.45, 2.75) is 39.0 Å². The zero-order valence-electron chi connectivity index (χ0n) is 12.4. The standard InChI is InChI=1S/C15H23N3O2/c1-11(18-9-12(2)20-13(3)10-18)8-17-15(19)14-6-4-5-7-16-14/h4-7,11-13H,8-10H2,1-3H3,(H,17,19)/t11-,12-,13+/m0/s1. The molecule has 0 radical (unpaired) electrons. The van der Waals surface area contributed by atoms with Crippen LogP contribution in [0.3, 0.4) is 0 Å². The molecule has 1 aliphatic heterocycles. The number of hydrogen-bond donors (Lipinski definition) is 1. The Morgan fingerprint density at radius 1 is 1.45 bits per heavy atom. The van der Waals surface area contributed by atoms with Gasteiger partial charge in [0.1, 0.15) is 5.69 Å². The highest BCUT2D eigenvalue weighted by molar-refractivity contribution is 5.92. The normalized spacial score (nSPS) is 25.1. The molecule has 0 saturated carbocycles. The highest BCUT2D eigenvalue weighted by Gasteiger charge is 2.25. The molecule has 0 bridgehead atoms. The van der Waals surface area contributed by atoms with Gasteiger partial charge < -0.3 is 10.1 Å². The summed E-state index contributed by atoms with van der Waals surface area (Å²) in [5, 5.41) is 2.94. The van der Waals surface area contributed by atoms with E-state index in [1.807, 2.05) is 6.07 Å². The predicted octanol–water partition coefficient (Wildman–Crippen LogP) is 1.31. The molecule has 0 aromatic carbocycles. The lowest BCUT2D eigenvalue weighted by molar-refractivity contribution is -0.0778. The molecule has 0 spiro atoms. The lowest BCUT2D eigenvalue weighted by atomic mass is 10.1. The second-order valence-electron chi connectivity index (χ2n) is 5.49. The van der Waals surface area contributed by atoms with E-state index in [1.165, 1.54) is 0 Å². The van der Waals surface area contributed by atoms with Gasteiger partial charge in [0, 0.05) is 31.9 Å². The van der Waals surface area contributed by atoms with E-state index in [0.717, 1.165) is 13.1 Å². The van der Waals surface area contributed by atoms with Gasteiger partial charge in [-0.3, -0.25) is 14.7 Å². The monoisotopic (exact) mass is 277 g/mol. The first kappa shape index (κ1) is 14.9. The Morgan fingerprint density at radius 3 is 2.75 bits per heavy atom. The van der Waals surface area contributed by atoms with Gasteiger partial charge in [0.2, 0.25) is 0 Å². The molecular formula is C15H23N3O2. The number of nitrogens with zero attached hydrogens (tertiary/aromatic N) is 2. The third-order valence-electron chi connectivity index (χ3n) is 3.53. The molecule has 0 unspecified atom stereocenters. The van der Waals surface area contributed by atoms with Crippen LogP contribution in [-0.2, 0) is 4.74 Å². The van der Waals surface area contributed by atoms with Crippen molar-refractivity contribution in [1.82, 2.24) is 15.2 Å². The number of aromatic nitrogens is 1. The third-order valence-corrected chi connectivity index (χ3v) is 3.53. The number of carbonyl (C=O) groups is 1. The minimum atomic E-state index is -0.119. The molecule has 1 N–H and O–H groups in total. The Labute approximate surface area is 120 Å². The molecule has 1 saturated heterocycles. The van der Waals surface area contributed by atoms with Crippen LogP contribution in [0.2, 0.25) is 0 Å². The quantitative estimate of drug-likeness (QED) is 0.901. The van der Waals surface area contributed by atoms with Crippen LogP contribution in [0.5, 0.6) is 0 Å². The number of amides is 1. The summed E-state index contributed by atoms with van der Waals surface area (Å²) in [6.45, 7) is 8.73. The van der Waals surface area contributed by atoms with Gasteiger partial charge >= 0.3 is 0 Å². The van der Waals surface area contributed by atoms with E-state index in [-0.39, 0.29) is 24.2 Å². The minimum Gasteiger partial charge on any atom is -0.373 e. The summed E-state index contributed by atoms with van der Waals surface area (Å²) >= 11 is 0. The fourth-order valence-electron chi connectivity index (χ4n) is 2.53. The average molecular weight is 277 g/mol. The van der Waals surface area contributed by atoms with E-state index in [1.54, 1.807) is 18.3 Å². The van der Waals surface area contributed by atoms with Gasteiger partial charge in [-0.1, -0.05) is 6.07 Å². The van der Waals surface area contributed by atoms with Crippen LogP contribution in [0.1, 0.15) is 31.3 Å². The minimum absolute atomic E-state index is 0.119. The molecule has 110 valence electrons. The number of morpholine rings is 1. The highest BCUT2D eigenvalue weighted by Crippen LogP contribution is 2.13. The van der Waals surface area contributed by atoms with Crippen molar-refractivity contribution in [3.05, 3.63) is 30.1 Å². The first-order chi connectivity index (χ1) is 9.56. The fourth-order valence-corrected chi connectivity index (χ4v) is 2.53. The van der Waals surface area contributed by atoms with Crippen LogP contribution in [0.4, 0.5) is 0 Å². The fraction of sp³-hybridized carbons (Fsp3) is 0.600. The SMILES string of the molecule is C[C@@H]1CN([C@@H](C)CNC(=O)c2ccccn2)C[C@H](C)O1. The van der Waals surface area contributed by atoms with Crippen molar-refractivity contribution in [2.24, 2.45) is 0 Å². The van der Waals surface area contributed by atoms with Gasteiger partial charge in [0.15, 0.2) is 0 Å². The zero-order valence-corrected chi connectivity index (χ0v) is 12.4. The Balaban J connectivity index is 1.83. The van der Waals surface area contributed by atoms with E-state index in [9.17, 15) is 4.79 Å². The van der Waals surface area contributed by atoms with E-state index < -0.39 is 0 Å². The van der Waals surface area contributed by atoms with Crippen molar-refractivity contribution in [3.63, 3.8) is 0 Å². The van der Waals surface area contributed by atoms with Crippen LogP contribution in [0.15, 0.2) is 24.4 Å². The van der Waals surface area contributed by atoms with Crippen LogP contribution in [-0.4, -0.2) is 53.7 Å². The lowest BCUT2D eigenvalue weighted by Crippen LogP contribution is -2.52. The Kier molecular flexibility index (Phi) is 5.09. The van der Waals surface area contributed by atoms with Gasteiger partial charge in [-0.25, -0.2) is 0 Å². The van der Waals surface area contributed by atoms with Crippen molar-refractivity contribution in [1.29, 1.82) is 0 Å². The topological polar surface area (TPSA) is 54.5 Å². The maximum atomic E-state index is 11.9. The largest absolute Gasteiger partial charge is 0.373 e. The van der Waals surface area contributed by atoms with E-state index >= 15 is 0 Å². The number of carbonyl (C=O) groups excluding carboxylic acids is 1. The Hall–Kier alpha value is -1.46. The van der Waals surface area contributed by atoms with Crippen molar-refractivity contribution in [2.75, 3.05) is 19.6 Å². The van der Waals surface area contributed by atoms with Gasteiger partial charge in [-0.15, -0.1) is 0 Å². The zero-order chi connectivity index (χ0) is 14.5. The smallest absolute Gasteiger partial charge is 0.269 e. The molecule has 1 aliphatic rings. The summed E-state index contributed by atoms with van der Waals surface area (Å²) in [6, 6.07) is 5.63. The second kappa shape index (κ2) is 6.81. The third kappa shape index (κ3) is 4.02. The number of rotatable bonds is 4. The van der Waals surface area contributed by atoms with E-state index in [4.69, 9.17) is 4.74 Å². The number of hydrogen-bond acceptors (Lipinski definition) is 4. The summed E-state index contributed by atoms with van der Waals surface area (Å²) in [5.74, 6) is -0.119. The molecule has 1 aromatic heterocycles. The Morgan fingerprint density at radius 2 is 2.15 bits per heavy atom. The second-order valence-corrected chi connectivity index (χ2v) is 5.49. The van der Waals surface area contributed by atoms with Gasteiger partial charge in [-0.2, -0.15) is 0 Å². The van der Waals surface area contributed by atoms with Crippen LogP contribution >= 0.6 is 0 Å². The van der Waals surface area contributed by atoms with Crippen molar-refractivity contribution in [3.8, 4) is 0 Å². The van der Waals surface area contributed by atoms with Gasteiger partial charge in [0.05, 0.1) is 12.2 Å². The molecule has 1 fully saturated rings. The summed E-state index contributed by atoms with van der Waals surface area (Å²) in [4.78, 5) is 18.4. The van der Waals surface area contributed by atoms with Crippen LogP contribution in [0.25, 0.3) is 0 Å². The first-order valence-corrected chi connectivity index (χ1v) is 7.15. The van der Waals surface area contributed by atoms with E-state index in [0.29, 0.717) is 12.2 Å². The highest BCUT2D eigenvalue weighted by atomic mass is 16.5. The number of nitrogens with one attached hydrogen (secondary N) is 1. The first-order valence-electron chi connectivity index (χ1n) is 7.15.